The van der Waals surface area contributed by atoms with Crippen LogP contribution in [0, 0.1) is 11.6 Å². The molecule has 1 heterocycles. The van der Waals surface area contributed by atoms with Crippen molar-refractivity contribution in [3.05, 3.63) is 77.4 Å². The minimum atomic E-state index is -0.488. The van der Waals surface area contributed by atoms with Crippen molar-refractivity contribution < 1.29 is 13.6 Å². The molecule has 3 nitrogen and oxygen atoms in total. The van der Waals surface area contributed by atoms with E-state index in [1.165, 1.54) is 6.07 Å². The Morgan fingerprint density at radius 2 is 1.92 bits per heavy atom. The second-order valence-electron chi connectivity index (χ2n) is 5.86. The monoisotopic (exact) mass is 328 g/mol. The van der Waals surface area contributed by atoms with Gasteiger partial charge in [0, 0.05) is 32.2 Å². The van der Waals surface area contributed by atoms with E-state index in [2.05, 4.69) is 0 Å². The lowest BCUT2D eigenvalue weighted by atomic mass is 10.1. The Bertz CT molecular complexity index is 774. The normalized spacial score (nSPS) is 13.8. The highest BCUT2D eigenvalue weighted by atomic mass is 19.1. The number of rotatable bonds is 3. The summed E-state index contributed by atoms with van der Waals surface area (Å²) in [4.78, 5) is 15.8. The van der Waals surface area contributed by atoms with Crippen LogP contribution in [0.25, 0.3) is 5.57 Å². The van der Waals surface area contributed by atoms with Crippen LogP contribution in [0.3, 0.4) is 0 Å². The van der Waals surface area contributed by atoms with Gasteiger partial charge in [-0.1, -0.05) is 36.4 Å². The molecular formula is C19H18F2N2O. The van der Waals surface area contributed by atoms with Gasteiger partial charge < -0.3 is 9.80 Å². The Hall–Kier alpha value is -2.69. The van der Waals surface area contributed by atoms with Crippen LogP contribution in [-0.4, -0.2) is 36.0 Å². The van der Waals surface area contributed by atoms with E-state index in [9.17, 15) is 13.6 Å². The molecule has 0 N–H and O–H groups in total. The van der Waals surface area contributed by atoms with E-state index in [4.69, 9.17) is 0 Å². The number of benzene rings is 2. The van der Waals surface area contributed by atoms with Crippen LogP contribution in [-0.2, 0) is 6.54 Å². The molecule has 0 saturated carbocycles. The maximum absolute atomic E-state index is 13.9. The molecule has 2 amide bonds. The molecule has 0 spiro atoms. The topological polar surface area (TPSA) is 23.6 Å². The van der Waals surface area contributed by atoms with Crippen molar-refractivity contribution >= 4 is 11.6 Å². The van der Waals surface area contributed by atoms with Crippen LogP contribution in [0.1, 0.15) is 11.1 Å². The van der Waals surface area contributed by atoms with E-state index in [-0.39, 0.29) is 18.1 Å². The summed E-state index contributed by atoms with van der Waals surface area (Å²) in [5, 5.41) is 0. The first kappa shape index (κ1) is 16.2. The highest BCUT2D eigenvalue weighted by Gasteiger charge is 2.24. The summed E-state index contributed by atoms with van der Waals surface area (Å²) in [5.41, 5.74) is 1.89. The summed E-state index contributed by atoms with van der Waals surface area (Å²) in [5.74, 6) is -0.965. The van der Waals surface area contributed by atoms with Gasteiger partial charge in [-0.2, -0.15) is 0 Å². The number of carbonyl (C=O) groups is 1. The zero-order valence-corrected chi connectivity index (χ0v) is 13.4. The summed E-state index contributed by atoms with van der Waals surface area (Å²) in [6, 6.07) is 12.9. The molecule has 0 saturated heterocycles. The van der Waals surface area contributed by atoms with Gasteiger partial charge in [-0.05, 0) is 29.3 Å². The van der Waals surface area contributed by atoms with E-state index in [1.54, 1.807) is 22.9 Å². The Balaban J connectivity index is 1.66. The first-order valence-electron chi connectivity index (χ1n) is 7.73. The summed E-state index contributed by atoms with van der Waals surface area (Å²) < 4.78 is 27.2. The Morgan fingerprint density at radius 3 is 2.67 bits per heavy atom. The van der Waals surface area contributed by atoms with Crippen LogP contribution in [0.4, 0.5) is 13.6 Å². The standard InChI is InChI=1S/C19H18F2N2O/c1-22(12-14-5-3-2-4-6-14)19(24)23-10-9-15(13-23)17-11-16(20)7-8-18(17)21/h2-9,11H,10,12-13H2,1H3. The van der Waals surface area contributed by atoms with Crippen LogP contribution in [0.2, 0.25) is 0 Å². The minimum Gasteiger partial charge on any atom is -0.323 e. The SMILES string of the molecule is CN(Cc1ccccc1)C(=O)N1CC=C(c2cc(F)ccc2F)C1. The van der Waals surface area contributed by atoms with Crippen LogP contribution in [0.5, 0.6) is 0 Å². The highest BCUT2D eigenvalue weighted by molar-refractivity contribution is 5.80. The quantitative estimate of drug-likeness (QED) is 0.838. The fraction of sp³-hybridized carbons (Fsp3) is 0.211. The lowest BCUT2D eigenvalue weighted by molar-refractivity contribution is 0.173. The third-order valence-electron chi connectivity index (χ3n) is 4.05. The van der Waals surface area contributed by atoms with Gasteiger partial charge in [0.15, 0.2) is 0 Å². The maximum Gasteiger partial charge on any atom is 0.320 e. The third-order valence-corrected chi connectivity index (χ3v) is 4.05. The first-order valence-corrected chi connectivity index (χ1v) is 7.73. The van der Waals surface area contributed by atoms with Crippen molar-refractivity contribution in [2.45, 2.75) is 6.54 Å². The summed E-state index contributed by atoms with van der Waals surface area (Å²) in [7, 11) is 1.73. The number of halogens is 2. The van der Waals surface area contributed by atoms with Crippen molar-refractivity contribution in [3.8, 4) is 0 Å². The smallest absolute Gasteiger partial charge is 0.320 e. The predicted molar refractivity (Wildman–Crippen MR) is 89.2 cm³/mol. The first-order chi connectivity index (χ1) is 11.5. The van der Waals surface area contributed by atoms with Crippen LogP contribution in [0.15, 0.2) is 54.6 Å². The van der Waals surface area contributed by atoms with Gasteiger partial charge >= 0.3 is 6.03 Å². The van der Waals surface area contributed by atoms with Gasteiger partial charge in [-0.3, -0.25) is 0 Å². The molecule has 0 atom stereocenters. The predicted octanol–water partition coefficient (Wildman–Crippen LogP) is 3.92. The van der Waals surface area contributed by atoms with Crippen molar-refractivity contribution in [2.24, 2.45) is 0 Å². The fourth-order valence-electron chi connectivity index (χ4n) is 2.81. The van der Waals surface area contributed by atoms with E-state index in [1.807, 2.05) is 30.3 Å². The second kappa shape index (κ2) is 6.83. The highest BCUT2D eigenvalue weighted by Crippen LogP contribution is 2.25. The van der Waals surface area contributed by atoms with E-state index >= 15 is 0 Å². The van der Waals surface area contributed by atoms with Crippen molar-refractivity contribution in [1.29, 1.82) is 0 Å². The number of hydrogen-bond acceptors (Lipinski definition) is 1. The van der Waals surface area contributed by atoms with Crippen molar-refractivity contribution in [2.75, 3.05) is 20.1 Å². The molecule has 124 valence electrons. The fourth-order valence-corrected chi connectivity index (χ4v) is 2.81. The molecular weight excluding hydrogens is 310 g/mol. The van der Waals surface area contributed by atoms with Gasteiger partial charge in [0.1, 0.15) is 11.6 Å². The number of nitrogens with zero attached hydrogens (tertiary/aromatic N) is 2. The zero-order valence-electron chi connectivity index (χ0n) is 13.4. The van der Waals surface area contributed by atoms with Gasteiger partial charge in [-0.15, -0.1) is 0 Å². The molecule has 0 unspecified atom stereocenters. The number of urea groups is 1. The molecule has 2 aromatic rings. The Morgan fingerprint density at radius 1 is 1.17 bits per heavy atom. The molecule has 2 aromatic carbocycles. The zero-order chi connectivity index (χ0) is 17.1. The average Bonchev–Trinajstić information content (AvgIpc) is 3.07. The lowest BCUT2D eigenvalue weighted by Crippen LogP contribution is -2.39. The molecule has 0 fully saturated rings. The van der Waals surface area contributed by atoms with Gasteiger partial charge in [-0.25, -0.2) is 13.6 Å². The van der Waals surface area contributed by atoms with E-state index < -0.39 is 11.6 Å². The lowest BCUT2D eigenvalue weighted by Gasteiger charge is -2.25. The molecule has 0 aliphatic carbocycles. The van der Waals surface area contributed by atoms with Crippen LogP contribution >= 0.6 is 0 Å². The molecule has 24 heavy (non-hydrogen) atoms. The summed E-state index contributed by atoms with van der Waals surface area (Å²) in [6.45, 7) is 1.17. The third kappa shape index (κ3) is 3.45. The molecule has 1 aliphatic heterocycles. The minimum absolute atomic E-state index is 0.137. The molecule has 1 aliphatic rings. The van der Waals surface area contributed by atoms with Gasteiger partial charge in [0.05, 0.1) is 0 Å². The second-order valence-corrected chi connectivity index (χ2v) is 5.86. The Kier molecular flexibility index (Phi) is 4.60. The molecule has 0 radical (unpaired) electrons. The number of hydrogen-bond donors (Lipinski definition) is 0. The van der Waals surface area contributed by atoms with E-state index in [0.29, 0.717) is 18.7 Å². The summed E-state index contributed by atoms with van der Waals surface area (Å²) in [6.07, 6.45) is 1.77. The molecule has 5 heteroatoms. The van der Waals surface area contributed by atoms with E-state index in [0.717, 1.165) is 17.7 Å². The number of carbonyl (C=O) groups excluding carboxylic acids is 1. The van der Waals surface area contributed by atoms with Crippen molar-refractivity contribution in [1.82, 2.24) is 9.80 Å². The maximum atomic E-state index is 13.9. The molecule has 3 rings (SSSR count). The van der Waals surface area contributed by atoms with Crippen molar-refractivity contribution in [3.63, 3.8) is 0 Å². The van der Waals surface area contributed by atoms with Gasteiger partial charge in [0.2, 0.25) is 0 Å². The average molecular weight is 328 g/mol. The van der Waals surface area contributed by atoms with Crippen LogP contribution < -0.4 is 0 Å². The molecule has 0 bridgehead atoms. The molecule has 0 aromatic heterocycles. The largest absolute Gasteiger partial charge is 0.323 e. The summed E-state index contributed by atoms with van der Waals surface area (Å²) >= 11 is 0. The Labute approximate surface area is 139 Å². The van der Waals surface area contributed by atoms with Gasteiger partial charge in [0.25, 0.3) is 0 Å². The number of amides is 2.